The van der Waals surface area contributed by atoms with Crippen LogP contribution < -0.4 is 0 Å². The number of hydrogen-bond donors (Lipinski definition) is 1. The Balaban J connectivity index is 3.13. The molecule has 0 bridgehead atoms. The maximum absolute atomic E-state index is 13.0. The lowest BCUT2D eigenvalue weighted by Gasteiger charge is -2.40. The molecule has 1 atom stereocenters. The van der Waals surface area contributed by atoms with Gasteiger partial charge in [0.1, 0.15) is 4.75 Å². The third kappa shape index (κ3) is 3.86. The molecule has 120 valence electrons. The summed E-state index contributed by atoms with van der Waals surface area (Å²) in [5, 5.41) is 10.5. The van der Waals surface area contributed by atoms with Gasteiger partial charge in [0.05, 0.1) is 10.5 Å². The van der Waals surface area contributed by atoms with E-state index in [9.17, 15) is 13.5 Å². The zero-order chi connectivity index (χ0) is 16.1. The van der Waals surface area contributed by atoms with Crippen molar-refractivity contribution in [3.05, 3.63) is 30.3 Å². The van der Waals surface area contributed by atoms with E-state index in [1.807, 2.05) is 0 Å². The van der Waals surface area contributed by atoms with Gasteiger partial charge in [-0.15, -0.1) is 0 Å². The van der Waals surface area contributed by atoms with E-state index in [-0.39, 0.29) is 4.90 Å². The average molecular weight is 312 g/mol. The lowest BCUT2D eigenvalue weighted by atomic mass is 9.87. The van der Waals surface area contributed by atoms with Gasteiger partial charge in [-0.3, -0.25) is 0 Å². The third-order valence-electron chi connectivity index (χ3n) is 4.45. The highest BCUT2D eigenvalue weighted by Gasteiger charge is 2.50. The molecule has 0 aliphatic rings. The monoisotopic (exact) mass is 312 g/mol. The Labute approximate surface area is 129 Å². The zero-order valence-corrected chi connectivity index (χ0v) is 14.4. The average Bonchev–Trinajstić information content (AvgIpc) is 2.43. The van der Waals surface area contributed by atoms with Crippen molar-refractivity contribution < 1.29 is 13.5 Å². The fraction of sp³-hybridized carbons (Fsp3) is 0.647. The van der Waals surface area contributed by atoms with E-state index >= 15 is 0 Å². The van der Waals surface area contributed by atoms with Crippen molar-refractivity contribution in [1.29, 1.82) is 0 Å². The Hall–Kier alpha value is -0.870. The van der Waals surface area contributed by atoms with Gasteiger partial charge >= 0.3 is 0 Å². The minimum Gasteiger partial charge on any atom is -0.389 e. The molecule has 0 heterocycles. The highest BCUT2D eigenvalue weighted by molar-refractivity contribution is 7.93. The van der Waals surface area contributed by atoms with E-state index in [1.54, 1.807) is 51.1 Å². The minimum absolute atomic E-state index is 0.283. The van der Waals surface area contributed by atoms with Gasteiger partial charge in [-0.2, -0.15) is 0 Å². The van der Waals surface area contributed by atoms with Gasteiger partial charge in [0.15, 0.2) is 9.84 Å². The predicted molar refractivity (Wildman–Crippen MR) is 87.1 cm³/mol. The maximum atomic E-state index is 13.0. The molecular weight excluding hydrogens is 284 g/mol. The van der Waals surface area contributed by atoms with Crippen LogP contribution in [-0.4, -0.2) is 23.9 Å². The SMILES string of the molecule is CCCCCC[C@](C)(C(C)(C)O)S(=O)(=O)c1ccccc1. The molecule has 0 unspecified atom stereocenters. The molecule has 0 saturated carbocycles. The molecule has 0 aromatic heterocycles. The topological polar surface area (TPSA) is 54.4 Å². The highest BCUT2D eigenvalue weighted by atomic mass is 32.2. The second kappa shape index (κ2) is 6.93. The van der Waals surface area contributed by atoms with Gasteiger partial charge in [-0.1, -0.05) is 50.8 Å². The fourth-order valence-electron chi connectivity index (χ4n) is 2.52. The first-order valence-corrected chi connectivity index (χ1v) is 9.17. The molecule has 4 heteroatoms. The molecule has 21 heavy (non-hydrogen) atoms. The number of rotatable bonds is 8. The van der Waals surface area contributed by atoms with Crippen molar-refractivity contribution in [3.63, 3.8) is 0 Å². The summed E-state index contributed by atoms with van der Waals surface area (Å²) in [6.07, 6.45) is 4.46. The van der Waals surface area contributed by atoms with Crippen LogP contribution in [0.2, 0.25) is 0 Å². The third-order valence-corrected chi connectivity index (χ3v) is 7.23. The Morgan fingerprint density at radius 1 is 1.00 bits per heavy atom. The summed E-state index contributed by atoms with van der Waals surface area (Å²) < 4.78 is 24.8. The Morgan fingerprint density at radius 3 is 2.05 bits per heavy atom. The van der Waals surface area contributed by atoms with Crippen LogP contribution in [0.5, 0.6) is 0 Å². The van der Waals surface area contributed by atoms with E-state index in [1.165, 1.54) is 0 Å². The number of hydrogen-bond acceptors (Lipinski definition) is 3. The molecule has 1 N–H and O–H groups in total. The lowest BCUT2D eigenvalue weighted by molar-refractivity contribution is 0.0342. The normalized spacial score (nSPS) is 15.7. The predicted octanol–water partition coefficient (Wildman–Crippen LogP) is 3.96. The molecule has 0 amide bonds. The van der Waals surface area contributed by atoms with Crippen LogP contribution in [0.1, 0.15) is 59.8 Å². The summed E-state index contributed by atoms with van der Waals surface area (Å²) in [6, 6.07) is 8.43. The molecule has 0 radical (unpaired) electrons. The summed E-state index contributed by atoms with van der Waals surface area (Å²) in [7, 11) is -3.60. The largest absolute Gasteiger partial charge is 0.389 e. The van der Waals surface area contributed by atoms with Crippen LogP contribution in [0.15, 0.2) is 35.2 Å². The standard InChI is InChI=1S/C17H28O3S/c1-5-6-7-11-14-17(4,16(2,3)18)21(19,20)15-12-9-8-10-13-15/h8-10,12-13,18H,5-7,11,14H2,1-4H3/t17-/m1/s1. The van der Waals surface area contributed by atoms with E-state index in [2.05, 4.69) is 6.92 Å². The van der Waals surface area contributed by atoms with Crippen molar-refractivity contribution in [2.45, 2.75) is 75.0 Å². The first-order valence-electron chi connectivity index (χ1n) is 7.69. The summed E-state index contributed by atoms with van der Waals surface area (Å²) in [5.74, 6) is 0. The van der Waals surface area contributed by atoms with Gasteiger partial charge in [0, 0.05) is 0 Å². The lowest BCUT2D eigenvalue weighted by Crippen LogP contribution is -2.53. The van der Waals surface area contributed by atoms with Gasteiger partial charge in [-0.05, 0) is 39.3 Å². The van der Waals surface area contributed by atoms with Crippen molar-refractivity contribution in [2.75, 3.05) is 0 Å². The van der Waals surface area contributed by atoms with Gasteiger partial charge in [-0.25, -0.2) is 8.42 Å². The van der Waals surface area contributed by atoms with Crippen LogP contribution in [0.4, 0.5) is 0 Å². The number of aliphatic hydroxyl groups is 1. The Kier molecular flexibility index (Phi) is 6.00. The van der Waals surface area contributed by atoms with Gasteiger partial charge in [0.2, 0.25) is 0 Å². The molecule has 1 aromatic carbocycles. The van der Waals surface area contributed by atoms with E-state index in [0.717, 1.165) is 25.7 Å². The zero-order valence-electron chi connectivity index (χ0n) is 13.6. The van der Waals surface area contributed by atoms with E-state index in [4.69, 9.17) is 0 Å². The molecule has 0 spiro atoms. The van der Waals surface area contributed by atoms with Crippen molar-refractivity contribution in [2.24, 2.45) is 0 Å². The molecule has 3 nitrogen and oxygen atoms in total. The molecule has 0 fully saturated rings. The second-order valence-electron chi connectivity index (χ2n) is 6.42. The molecule has 0 aliphatic carbocycles. The van der Waals surface area contributed by atoms with E-state index in [0.29, 0.717) is 6.42 Å². The fourth-order valence-corrected chi connectivity index (χ4v) is 4.62. The highest BCUT2D eigenvalue weighted by Crippen LogP contribution is 2.39. The Morgan fingerprint density at radius 2 is 1.57 bits per heavy atom. The summed E-state index contributed by atoms with van der Waals surface area (Å²) in [4.78, 5) is 0.283. The molecule has 0 aliphatic heterocycles. The van der Waals surface area contributed by atoms with Crippen molar-refractivity contribution >= 4 is 9.84 Å². The summed E-state index contributed by atoms with van der Waals surface area (Å²) >= 11 is 0. The number of sulfone groups is 1. The second-order valence-corrected chi connectivity index (χ2v) is 8.80. The van der Waals surface area contributed by atoms with E-state index < -0.39 is 20.2 Å². The van der Waals surface area contributed by atoms with Crippen LogP contribution in [0, 0.1) is 0 Å². The van der Waals surface area contributed by atoms with Crippen LogP contribution in [0.3, 0.4) is 0 Å². The first kappa shape index (κ1) is 18.2. The maximum Gasteiger partial charge on any atom is 0.186 e. The molecule has 1 aromatic rings. The smallest absolute Gasteiger partial charge is 0.186 e. The number of benzene rings is 1. The Bertz CT molecular complexity index is 529. The quantitative estimate of drug-likeness (QED) is 0.739. The van der Waals surface area contributed by atoms with Crippen LogP contribution in [0.25, 0.3) is 0 Å². The van der Waals surface area contributed by atoms with Gasteiger partial charge in [0.25, 0.3) is 0 Å². The summed E-state index contributed by atoms with van der Waals surface area (Å²) in [6.45, 7) is 6.97. The number of unbranched alkanes of at least 4 members (excludes halogenated alkanes) is 3. The van der Waals surface area contributed by atoms with Crippen LogP contribution >= 0.6 is 0 Å². The summed E-state index contributed by atoms with van der Waals surface area (Å²) in [5.41, 5.74) is -1.30. The van der Waals surface area contributed by atoms with Crippen molar-refractivity contribution in [3.8, 4) is 0 Å². The molecule has 1 rings (SSSR count). The minimum atomic E-state index is -3.60. The molecule has 0 saturated heterocycles. The van der Waals surface area contributed by atoms with Crippen LogP contribution in [-0.2, 0) is 9.84 Å². The molecular formula is C17H28O3S. The van der Waals surface area contributed by atoms with Gasteiger partial charge < -0.3 is 5.11 Å². The van der Waals surface area contributed by atoms with Crippen molar-refractivity contribution in [1.82, 2.24) is 0 Å². The first-order chi connectivity index (χ1) is 9.67.